The maximum Gasteiger partial charge on any atom is 0.328 e. The topological polar surface area (TPSA) is 67.9 Å². The van der Waals surface area contributed by atoms with Crippen molar-refractivity contribution in [1.29, 1.82) is 0 Å². The number of amides is 3. The first-order chi connectivity index (χ1) is 13.0. The van der Waals surface area contributed by atoms with E-state index in [9.17, 15) is 9.59 Å². The Morgan fingerprint density at radius 2 is 1.93 bits per heavy atom. The molecule has 6 heteroatoms. The lowest BCUT2D eigenvalue weighted by molar-refractivity contribution is -0.122. The molecule has 0 saturated carbocycles. The van der Waals surface area contributed by atoms with Crippen LogP contribution in [0, 0.1) is 6.92 Å². The summed E-state index contributed by atoms with van der Waals surface area (Å²) in [6.45, 7) is 4.55. The number of urea groups is 1. The van der Waals surface area contributed by atoms with Gasteiger partial charge in [-0.3, -0.25) is 9.69 Å². The third-order valence-corrected chi connectivity index (χ3v) is 4.25. The molecule has 2 aromatic rings. The van der Waals surface area contributed by atoms with Crippen molar-refractivity contribution in [2.75, 3.05) is 13.7 Å². The second-order valence-electron chi connectivity index (χ2n) is 6.23. The average molecular weight is 366 g/mol. The number of nitrogens with one attached hydrogen (secondary N) is 1. The number of methoxy groups -OCH3 is 1. The number of nitrogens with zero attached hydrogens (tertiary/aromatic N) is 1. The number of ether oxygens (including phenoxy) is 2. The monoisotopic (exact) mass is 366 g/mol. The second kappa shape index (κ2) is 7.95. The van der Waals surface area contributed by atoms with E-state index in [1.54, 1.807) is 32.2 Å². The van der Waals surface area contributed by atoms with Crippen LogP contribution in [0.25, 0.3) is 6.08 Å². The number of aryl methyl sites for hydroxylation is 1. The van der Waals surface area contributed by atoms with Gasteiger partial charge in [-0.15, -0.1) is 0 Å². The van der Waals surface area contributed by atoms with Gasteiger partial charge in [-0.1, -0.05) is 35.9 Å². The molecule has 6 nitrogen and oxygen atoms in total. The molecule has 1 aliphatic heterocycles. The summed E-state index contributed by atoms with van der Waals surface area (Å²) in [4.78, 5) is 25.1. The van der Waals surface area contributed by atoms with E-state index in [1.165, 1.54) is 5.56 Å². The van der Waals surface area contributed by atoms with Crippen LogP contribution in [-0.4, -0.2) is 30.5 Å². The van der Waals surface area contributed by atoms with Crippen molar-refractivity contribution in [1.82, 2.24) is 10.2 Å². The number of carbonyl (C=O) groups excluding carboxylic acids is 2. The maximum absolute atomic E-state index is 12.2. The number of imide groups is 1. The van der Waals surface area contributed by atoms with Crippen molar-refractivity contribution in [3.63, 3.8) is 0 Å². The number of hydrogen-bond acceptors (Lipinski definition) is 4. The van der Waals surface area contributed by atoms with E-state index in [0.717, 1.165) is 16.0 Å². The molecule has 1 saturated heterocycles. The smallest absolute Gasteiger partial charge is 0.328 e. The van der Waals surface area contributed by atoms with Gasteiger partial charge < -0.3 is 14.8 Å². The van der Waals surface area contributed by atoms with Crippen molar-refractivity contribution in [2.45, 2.75) is 20.5 Å². The number of hydrogen-bond donors (Lipinski definition) is 1. The van der Waals surface area contributed by atoms with E-state index < -0.39 is 6.03 Å². The molecule has 140 valence electrons. The van der Waals surface area contributed by atoms with Crippen LogP contribution in [0.4, 0.5) is 4.79 Å². The third kappa shape index (κ3) is 4.11. The first-order valence-corrected chi connectivity index (χ1v) is 8.72. The Labute approximate surface area is 158 Å². The predicted octanol–water partition coefficient (Wildman–Crippen LogP) is 3.50. The highest BCUT2D eigenvalue weighted by Crippen LogP contribution is 2.30. The van der Waals surface area contributed by atoms with Crippen LogP contribution in [0.2, 0.25) is 0 Å². The molecule has 3 amide bonds. The SMILES string of the molecule is CCN1C(=O)N/C(=C/c2ccc(OCc3cccc(C)c3)c(OC)c2)C1=O. The molecular formula is C21H22N2O4. The van der Waals surface area contributed by atoms with Crippen molar-refractivity contribution in [3.05, 3.63) is 64.9 Å². The van der Waals surface area contributed by atoms with Gasteiger partial charge in [0, 0.05) is 6.54 Å². The third-order valence-electron chi connectivity index (χ3n) is 4.25. The van der Waals surface area contributed by atoms with Gasteiger partial charge in [-0.05, 0) is 43.2 Å². The van der Waals surface area contributed by atoms with Gasteiger partial charge in [0.1, 0.15) is 12.3 Å². The summed E-state index contributed by atoms with van der Waals surface area (Å²) in [5, 5.41) is 2.58. The quantitative estimate of drug-likeness (QED) is 0.628. The minimum atomic E-state index is -0.404. The highest BCUT2D eigenvalue weighted by Gasteiger charge is 2.31. The van der Waals surface area contributed by atoms with E-state index >= 15 is 0 Å². The van der Waals surface area contributed by atoms with Crippen LogP contribution in [0.1, 0.15) is 23.6 Å². The van der Waals surface area contributed by atoms with Crippen molar-refractivity contribution in [3.8, 4) is 11.5 Å². The summed E-state index contributed by atoms with van der Waals surface area (Å²) in [5.41, 5.74) is 3.23. The van der Waals surface area contributed by atoms with Gasteiger partial charge in [0.05, 0.1) is 7.11 Å². The number of rotatable bonds is 6. The zero-order valence-corrected chi connectivity index (χ0v) is 15.6. The molecule has 1 aliphatic rings. The van der Waals surface area contributed by atoms with E-state index in [4.69, 9.17) is 9.47 Å². The van der Waals surface area contributed by atoms with Gasteiger partial charge in [-0.2, -0.15) is 0 Å². The Bertz CT molecular complexity index is 905. The number of benzene rings is 2. The van der Waals surface area contributed by atoms with Crippen LogP contribution >= 0.6 is 0 Å². The molecule has 2 aromatic carbocycles. The lowest BCUT2D eigenvalue weighted by Gasteiger charge is -2.12. The fourth-order valence-electron chi connectivity index (χ4n) is 2.88. The molecule has 0 bridgehead atoms. The van der Waals surface area contributed by atoms with E-state index in [1.807, 2.05) is 31.2 Å². The normalized spacial score (nSPS) is 15.2. The molecule has 1 N–H and O–H groups in total. The van der Waals surface area contributed by atoms with Gasteiger partial charge in [-0.25, -0.2) is 4.79 Å². The van der Waals surface area contributed by atoms with Gasteiger partial charge in [0.2, 0.25) is 0 Å². The summed E-state index contributed by atoms with van der Waals surface area (Å²) in [6.07, 6.45) is 1.63. The molecule has 0 radical (unpaired) electrons. The molecule has 1 fully saturated rings. The molecule has 3 rings (SSSR count). The molecule has 0 aromatic heterocycles. The van der Waals surface area contributed by atoms with Crippen LogP contribution in [0.5, 0.6) is 11.5 Å². The summed E-state index contributed by atoms with van der Waals surface area (Å²) in [6, 6.07) is 13.1. The lowest BCUT2D eigenvalue weighted by atomic mass is 10.1. The summed E-state index contributed by atoms with van der Waals surface area (Å²) in [7, 11) is 1.56. The summed E-state index contributed by atoms with van der Waals surface area (Å²) >= 11 is 0. The maximum atomic E-state index is 12.2. The summed E-state index contributed by atoms with van der Waals surface area (Å²) in [5.74, 6) is 0.834. The van der Waals surface area contributed by atoms with Gasteiger partial charge in [0.15, 0.2) is 11.5 Å². The predicted molar refractivity (Wildman–Crippen MR) is 102 cm³/mol. The van der Waals surface area contributed by atoms with Crippen molar-refractivity contribution in [2.24, 2.45) is 0 Å². The number of carbonyl (C=O) groups is 2. The molecular weight excluding hydrogens is 344 g/mol. The molecule has 0 aliphatic carbocycles. The first kappa shape index (κ1) is 18.5. The first-order valence-electron chi connectivity index (χ1n) is 8.72. The van der Waals surface area contributed by atoms with Gasteiger partial charge >= 0.3 is 6.03 Å². The Morgan fingerprint density at radius 3 is 2.59 bits per heavy atom. The molecule has 0 spiro atoms. The second-order valence-corrected chi connectivity index (χ2v) is 6.23. The zero-order chi connectivity index (χ0) is 19.4. The fourth-order valence-corrected chi connectivity index (χ4v) is 2.88. The van der Waals surface area contributed by atoms with Crippen LogP contribution in [0.3, 0.4) is 0 Å². The van der Waals surface area contributed by atoms with Crippen LogP contribution in [-0.2, 0) is 11.4 Å². The minimum absolute atomic E-state index is 0.248. The van der Waals surface area contributed by atoms with Gasteiger partial charge in [0.25, 0.3) is 5.91 Å². The highest BCUT2D eigenvalue weighted by atomic mass is 16.5. The largest absolute Gasteiger partial charge is 0.493 e. The fraction of sp³-hybridized carbons (Fsp3) is 0.238. The van der Waals surface area contributed by atoms with Crippen LogP contribution in [0.15, 0.2) is 48.2 Å². The summed E-state index contributed by atoms with van der Waals surface area (Å²) < 4.78 is 11.3. The van der Waals surface area contributed by atoms with E-state index in [-0.39, 0.29) is 11.6 Å². The average Bonchev–Trinajstić information content (AvgIpc) is 2.93. The van der Waals surface area contributed by atoms with E-state index in [2.05, 4.69) is 11.4 Å². The Kier molecular flexibility index (Phi) is 5.45. The zero-order valence-electron chi connectivity index (χ0n) is 15.6. The highest BCUT2D eigenvalue weighted by molar-refractivity contribution is 6.13. The van der Waals surface area contributed by atoms with Crippen LogP contribution < -0.4 is 14.8 Å². The minimum Gasteiger partial charge on any atom is -0.493 e. The van der Waals surface area contributed by atoms with Crippen molar-refractivity contribution >= 4 is 18.0 Å². The number of likely N-dealkylation sites (N-methyl/N-ethyl adjacent to an activating group) is 1. The Morgan fingerprint density at radius 1 is 1.11 bits per heavy atom. The Balaban J connectivity index is 1.77. The lowest BCUT2D eigenvalue weighted by Crippen LogP contribution is -2.30. The standard InChI is InChI=1S/C21H22N2O4/c1-4-23-20(24)17(22-21(23)25)11-15-8-9-18(19(12-15)26-3)27-13-16-7-5-6-14(2)10-16/h5-12H,4,13H2,1-3H3,(H,22,25)/b17-11+. The Hall–Kier alpha value is -3.28. The van der Waals surface area contributed by atoms with E-state index in [0.29, 0.717) is 24.7 Å². The molecule has 0 unspecified atom stereocenters. The molecule has 1 heterocycles. The molecule has 0 atom stereocenters. The molecule has 27 heavy (non-hydrogen) atoms. The van der Waals surface area contributed by atoms with Crippen molar-refractivity contribution < 1.29 is 19.1 Å².